The molecule has 0 aliphatic heterocycles. The second-order valence-electron chi connectivity index (χ2n) is 4.97. The Balaban J connectivity index is 3.08. The summed E-state index contributed by atoms with van der Waals surface area (Å²) in [4.78, 5) is 2.42. The van der Waals surface area contributed by atoms with Gasteiger partial charge in [0.25, 0.3) is 0 Å². The van der Waals surface area contributed by atoms with Crippen LogP contribution in [0.5, 0.6) is 0 Å². The van der Waals surface area contributed by atoms with Crippen LogP contribution in [0.2, 0.25) is 0 Å². The van der Waals surface area contributed by atoms with Crippen LogP contribution >= 0.6 is 9.24 Å². The fourth-order valence-corrected chi connectivity index (χ4v) is 2.04. The van der Waals surface area contributed by atoms with Crippen molar-refractivity contribution in [3.8, 4) is 0 Å². The zero-order chi connectivity index (χ0) is 12.2. The molecule has 0 saturated carbocycles. The molecular formula is C13H30NOP. The Kier molecular flexibility index (Phi) is 12.1. The number of rotatable bonds is 11. The van der Waals surface area contributed by atoms with E-state index in [2.05, 4.69) is 35.0 Å². The van der Waals surface area contributed by atoms with Gasteiger partial charge < -0.3 is 9.64 Å². The van der Waals surface area contributed by atoms with Crippen LogP contribution in [0.3, 0.4) is 0 Å². The molecule has 0 aliphatic carbocycles. The van der Waals surface area contributed by atoms with E-state index in [4.69, 9.17) is 4.74 Å². The van der Waals surface area contributed by atoms with Gasteiger partial charge in [-0.05, 0) is 51.4 Å². The molecule has 0 fully saturated rings. The third-order valence-corrected chi connectivity index (χ3v) is 2.91. The molecule has 2 nitrogen and oxygen atoms in total. The van der Waals surface area contributed by atoms with Crippen molar-refractivity contribution < 1.29 is 4.74 Å². The fraction of sp³-hybridized carbons (Fsp3) is 1.00. The maximum Gasteiger partial charge on any atom is 0.0466 e. The van der Waals surface area contributed by atoms with Crippen molar-refractivity contribution in [3.05, 3.63) is 0 Å². The summed E-state index contributed by atoms with van der Waals surface area (Å²) >= 11 is 0. The molecule has 98 valence electrons. The summed E-state index contributed by atoms with van der Waals surface area (Å²) < 4.78 is 5.57. The minimum absolute atomic E-state index is 0.771. The van der Waals surface area contributed by atoms with Crippen molar-refractivity contribution in [2.24, 2.45) is 5.92 Å². The van der Waals surface area contributed by atoms with Gasteiger partial charge in [0.15, 0.2) is 0 Å². The smallest absolute Gasteiger partial charge is 0.0466 e. The van der Waals surface area contributed by atoms with Gasteiger partial charge >= 0.3 is 0 Å². The Hall–Kier alpha value is 0.350. The third-order valence-electron chi connectivity index (χ3n) is 2.50. The molecule has 0 aliphatic rings. The van der Waals surface area contributed by atoms with Crippen LogP contribution in [0, 0.1) is 5.92 Å². The summed E-state index contributed by atoms with van der Waals surface area (Å²) in [5, 5.41) is 0. The van der Waals surface area contributed by atoms with E-state index in [0.717, 1.165) is 19.1 Å². The largest absolute Gasteiger partial charge is 0.381 e. The van der Waals surface area contributed by atoms with Gasteiger partial charge in [-0.25, -0.2) is 0 Å². The van der Waals surface area contributed by atoms with Crippen molar-refractivity contribution in [2.45, 2.75) is 39.5 Å². The van der Waals surface area contributed by atoms with E-state index in [0.29, 0.717) is 0 Å². The summed E-state index contributed by atoms with van der Waals surface area (Å²) in [6.07, 6.45) is 6.12. The molecule has 0 aromatic carbocycles. The maximum absolute atomic E-state index is 5.57. The second-order valence-corrected chi connectivity index (χ2v) is 5.55. The first-order valence-corrected chi connectivity index (χ1v) is 7.44. The monoisotopic (exact) mass is 247 g/mol. The maximum atomic E-state index is 5.57. The van der Waals surface area contributed by atoms with Gasteiger partial charge in [-0.15, -0.1) is 9.24 Å². The predicted octanol–water partition coefficient (Wildman–Crippen LogP) is 3.03. The van der Waals surface area contributed by atoms with Crippen molar-refractivity contribution in [3.63, 3.8) is 0 Å². The van der Waals surface area contributed by atoms with Gasteiger partial charge in [-0.3, -0.25) is 0 Å². The Morgan fingerprint density at radius 2 is 1.69 bits per heavy atom. The van der Waals surface area contributed by atoms with Crippen molar-refractivity contribution in [2.75, 3.05) is 39.5 Å². The van der Waals surface area contributed by atoms with Crippen molar-refractivity contribution in [1.82, 2.24) is 4.90 Å². The third kappa shape index (κ3) is 12.4. The lowest BCUT2D eigenvalue weighted by Crippen LogP contribution is -2.24. The molecule has 3 heteroatoms. The van der Waals surface area contributed by atoms with E-state index in [9.17, 15) is 0 Å². The molecule has 0 N–H and O–H groups in total. The molecule has 0 rings (SSSR count). The average Bonchev–Trinajstić information content (AvgIpc) is 2.21. The lowest BCUT2D eigenvalue weighted by Gasteiger charge is -2.18. The Bertz CT molecular complexity index is 142. The molecular weight excluding hydrogens is 217 g/mol. The number of nitrogens with zero attached hydrogens (tertiary/aromatic N) is 1. The van der Waals surface area contributed by atoms with Gasteiger partial charge in [-0.2, -0.15) is 0 Å². The van der Waals surface area contributed by atoms with Crippen LogP contribution in [0.1, 0.15) is 39.5 Å². The SMILES string of the molecule is CC(C)CN(C)CCCCOCCCCP. The van der Waals surface area contributed by atoms with Crippen molar-refractivity contribution >= 4 is 9.24 Å². The first kappa shape index (κ1) is 16.4. The van der Waals surface area contributed by atoms with Crippen LogP contribution in [0.25, 0.3) is 0 Å². The number of hydrogen-bond donors (Lipinski definition) is 0. The highest BCUT2D eigenvalue weighted by molar-refractivity contribution is 7.16. The normalized spacial score (nSPS) is 11.6. The molecule has 16 heavy (non-hydrogen) atoms. The van der Waals surface area contributed by atoms with Gasteiger partial charge in [0.1, 0.15) is 0 Å². The average molecular weight is 247 g/mol. The highest BCUT2D eigenvalue weighted by Gasteiger charge is 2.00. The minimum atomic E-state index is 0.771. The Morgan fingerprint density at radius 1 is 1.06 bits per heavy atom. The molecule has 0 spiro atoms. The highest BCUT2D eigenvalue weighted by atomic mass is 31.0. The van der Waals surface area contributed by atoms with Crippen LogP contribution in [0.4, 0.5) is 0 Å². The Labute approximate surface area is 104 Å². The molecule has 0 bridgehead atoms. The minimum Gasteiger partial charge on any atom is -0.381 e. The number of ether oxygens (including phenoxy) is 1. The molecule has 1 atom stereocenters. The molecule has 0 aromatic rings. The Morgan fingerprint density at radius 3 is 2.25 bits per heavy atom. The van der Waals surface area contributed by atoms with Gasteiger partial charge in [0.2, 0.25) is 0 Å². The highest BCUT2D eigenvalue weighted by Crippen LogP contribution is 2.00. The summed E-state index contributed by atoms with van der Waals surface area (Å²) in [7, 11) is 4.96. The van der Waals surface area contributed by atoms with E-state index >= 15 is 0 Å². The van der Waals surface area contributed by atoms with E-state index in [1.165, 1.54) is 44.9 Å². The topological polar surface area (TPSA) is 12.5 Å². The second kappa shape index (κ2) is 11.8. The fourth-order valence-electron chi connectivity index (χ4n) is 1.75. The number of hydrogen-bond acceptors (Lipinski definition) is 2. The molecule has 0 aromatic heterocycles. The van der Waals surface area contributed by atoms with Crippen LogP contribution in [0.15, 0.2) is 0 Å². The summed E-state index contributed by atoms with van der Waals surface area (Å²) in [6, 6.07) is 0. The molecule has 0 amide bonds. The predicted molar refractivity (Wildman–Crippen MR) is 76.2 cm³/mol. The van der Waals surface area contributed by atoms with Crippen LogP contribution in [-0.2, 0) is 4.74 Å². The van der Waals surface area contributed by atoms with Crippen molar-refractivity contribution in [1.29, 1.82) is 0 Å². The summed E-state index contributed by atoms with van der Waals surface area (Å²) in [6.45, 7) is 8.82. The standard InChI is InChI=1S/C13H30NOP/c1-13(2)12-14(3)8-4-5-9-15-10-6-7-11-16/h13H,4-12,16H2,1-3H3. The first-order valence-electron chi connectivity index (χ1n) is 6.63. The van der Waals surface area contributed by atoms with Gasteiger partial charge in [0.05, 0.1) is 0 Å². The summed E-state index contributed by atoms with van der Waals surface area (Å²) in [5.41, 5.74) is 0. The quantitative estimate of drug-likeness (QED) is 0.411. The van der Waals surface area contributed by atoms with Gasteiger partial charge in [0, 0.05) is 19.8 Å². The van der Waals surface area contributed by atoms with E-state index in [1.54, 1.807) is 0 Å². The molecule has 1 unspecified atom stereocenters. The van der Waals surface area contributed by atoms with E-state index in [-0.39, 0.29) is 0 Å². The zero-order valence-corrected chi connectivity index (χ0v) is 12.5. The molecule has 0 radical (unpaired) electrons. The summed E-state index contributed by atoms with van der Waals surface area (Å²) in [5.74, 6) is 0.771. The molecule has 0 heterocycles. The first-order chi connectivity index (χ1) is 7.66. The van der Waals surface area contributed by atoms with E-state index in [1.807, 2.05) is 0 Å². The molecule has 0 saturated heterocycles. The van der Waals surface area contributed by atoms with Crippen LogP contribution < -0.4 is 0 Å². The van der Waals surface area contributed by atoms with Crippen LogP contribution in [-0.4, -0.2) is 44.4 Å². The lowest BCUT2D eigenvalue weighted by atomic mass is 10.2. The van der Waals surface area contributed by atoms with Gasteiger partial charge in [-0.1, -0.05) is 13.8 Å². The lowest BCUT2D eigenvalue weighted by molar-refractivity contribution is 0.125. The number of unbranched alkanes of at least 4 members (excludes halogenated alkanes) is 2. The van der Waals surface area contributed by atoms with E-state index < -0.39 is 0 Å². The zero-order valence-electron chi connectivity index (χ0n) is 11.4.